The van der Waals surface area contributed by atoms with Crippen molar-refractivity contribution in [2.45, 2.75) is 33.2 Å². The van der Waals surface area contributed by atoms with E-state index in [1.807, 2.05) is 37.8 Å². The summed E-state index contributed by atoms with van der Waals surface area (Å²) in [4.78, 5) is 16.4. The standard InChI is InChI=1S/C16H20N6O/c1-11-14(12(2)21(3)20-11)5-6-15(23)18-9-13-10-19-22-8-4-7-17-16(13)22/h4,7-8,10H,5-6,9H2,1-3H3,(H,18,23). The molecule has 7 heteroatoms. The van der Waals surface area contributed by atoms with Crippen LogP contribution in [0.5, 0.6) is 0 Å². The monoisotopic (exact) mass is 312 g/mol. The Morgan fingerprint density at radius 3 is 2.91 bits per heavy atom. The highest BCUT2D eigenvalue weighted by molar-refractivity contribution is 5.76. The molecule has 3 aromatic heterocycles. The van der Waals surface area contributed by atoms with Crippen molar-refractivity contribution in [3.63, 3.8) is 0 Å². The van der Waals surface area contributed by atoms with Gasteiger partial charge in [0.05, 0.1) is 11.9 Å². The molecule has 0 atom stereocenters. The van der Waals surface area contributed by atoms with Crippen molar-refractivity contribution in [2.75, 3.05) is 0 Å². The Morgan fingerprint density at radius 2 is 2.17 bits per heavy atom. The zero-order valence-electron chi connectivity index (χ0n) is 13.6. The maximum absolute atomic E-state index is 12.1. The van der Waals surface area contributed by atoms with E-state index in [0.29, 0.717) is 19.4 Å². The second-order valence-electron chi connectivity index (χ2n) is 5.61. The van der Waals surface area contributed by atoms with E-state index in [0.717, 1.165) is 28.2 Å². The van der Waals surface area contributed by atoms with Crippen LogP contribution < -0.4 is 5.32 Å². The molecule has 3 aromatic rings. The van der Waals surface area contributed by atoms with Gasteiger partial charge < -0.3 is 5.32 Å². The van der Waals surface area contributed by atoms with Gasteiger partial charge in [-0.15, -0.1) is 0 Å². The molecule has 0 aliphatic rings. The van der Waals surface area contributed by atoms with Gasteiger partial charge in [-0.05, 0) is 31.9 Å². The summed E-state index contributed by atoms with van der Waals surface area (Å²) in [6.07, 6.45) is 6.43. The second-order valence-corrected chi connectivity index (χ2v) is 5.61. The molecule has 0 aliphatic carbocycles. The number of nitrogens with one attached hydrogen (secondary N) is 1. The Kier molecular flexibility index (Phi) is 4.10. The Bertz CT molecular complexity index is 847. The molecule has 3 heterocycles. The van der Waals surface area contributed by atoms with Crippen molar-refractivity contribution in [1.29, 1.82) is 0 Å². The molecule has 0 aliphatic heterocycles. The number of aryl methyl sites for hydroxylation is 2. The fourth-order valence-corrected chi connectivity index (χ4v) is 2.70. The van der Waals surface area contributed by atoms with Crippen molar-refractivity contribution >= 4 is 11.6 Å². The van der Waals surface area contributed by atoms with Crippen LogP contribution in [0.1, 0.15) is 28.9 Å². The fourth-order valence-electron chi connectivity index (χ4n) is 2.70. The van der Waals surface area contributed by atoms with Crippen LogP contribution in [-0.2, 0) is 24.8 Å². The molecular weight excluding hydrogens is 292 g/mol. The normalized spacial score (nSPS) is 11.1. The lowest BCUT2D eigenvalue weighted by Crippen LogP contribution is -2.23. The highest BCUT2D eigenvalue weighted by atomic mass is 16.1. The van der Waals surface area contributed by atoms with Crippen LogP contribution in [0.3, 0.4) is 0 Å². The van der Waals surface area contributed by atoms with Crippen LogP contribution in [0.2, 0.25) is 0 Å². The summed E-state index contributed by atoms with van der Waals surface area (Å²) in [5.41, 5.74) is 4.94. The molecule has 120 valence electrons. The number of aromatic nitrogens is 5. The first-order chi connectivity index (χ1) is 11.1. The third-order valence-electron chi connectivity index (χ3n) is 4.09. The molecule has 1 N–H and O–H groups in total. The Morgan fingerprint density at radius 1 is 1.35 bits per heavy atom. The quantitative estimate of drug-likeness (QED) is 0.771. The van der Waals surface area contributed by atoms with E-state index < -0.39 is 0 Å². The van der Waals surface area contributed by atoms with Crippen molar-refractivity contribution in [3.8, 4) is 0 Å². The number of carbonyl (C=O) groups excluding carboxylic acids is 1. The predicted molar refractivity (Wildman–Crippen MR) is 85.8 cm³/mol. The lowest BCUT2D eigenvalue weighted by molar-refractivity contribution is -0.121. The lowest BCUT2D eigenvalue weighted by atomic mass is 10.1. The summed E-state index contributed by atoms with van der Waals surface area (Å²) in [6.45, 7) is 4.44. The largest absolute Gasteiger partial charge is 0.352 e. The van der Waals surface area contributed by atoms with E-state index in [1.54, 1.807) is 16.9 Å². The molecule has 0 saturated heterocycles. The molecule has 7 nitrogen and oxygen atoms in total. The molecule has 0 bridgehead atoms. The fraction of sp³-hybridized carbons (Fsp3) is 0.375. The van der Waals surface area contributed by atoms with Crippen molar-refractivity contribution in [1.82, 2.24) is 29.7 Å². The van der Waals surface area contributed by atoms with E-state index in [4.69, 9.17) is 0 Å². The number of nitrogens with zero attached hydrogens (tertiary/aromatic N) is 5. The van der Waals surface area contributed by atoms with Gasteiger partial charge in [0.25, 0.3) is 0 Å². The van der Waals surface area contributed by atoms with Crippen LogP contribution in [0.4, 0.5) is 0 Å². The SMILES string of the molecule is Cc1nn(C)c(C)c1CCC(=O)NCc1cnn2cccnc12. The first-order valence-corrected chi connectivity index (χ1v) is 7.59. The number of hydrogen-bond acceptors (Lipinski definition) is 4. The highest BCUT2D eigenvalue weighted by Gasteiger charge is 2.12. The van der Waals surface area contributed by atoms with Gasteiger partial charge >= 0.3 is 0 Å². The predicted octanol–water partition coefficient (Wildman–Crippen LogP) is 1.33. The van der Waals surface area contributed by atoms with E-state index in [1.165, 1.54) is 0 Å². The lowest BCUT2D eigenvalue weighted by Gasteiger charge is -2.05. The topological polar surface area (TPSA) is 77.1 Å². The first-order valence-electron chi connectivity index (χ1n) is 7.59. The van der Waals surface area contributed by atoms with Gasteiger partial charge in [0.2, 0.25) is 5.91 Å². The zero-order chi connectivity index (χ0) is 16.4. The van der Waals surface area contributed by atoms with Crippen LogP contribution in [0.15, 0.2) is 24.7 Å². The average molecular weight is 312 g/mol. The molecule has 1 amide bonds. The maximum Gasteiger partial charge on any atom is 0.220 e. The minimum atomic E-state index is 0.0166. The molecule has 0 aromatic carbocycles. The van der Waals surface area contributed by atoms with Crippen LogP contribution in [0.25, 0.3) is 5.65 Å². The summed E-state index contributed by atoms with van der Waals surface area (Å²) in [5.74, 6) is 0.0166. The molecule has 3 rings (SSSR count). The van der Waals surface area contributed by atoms with Crippen molar-refractivity contribution < 1.29 is 4.79 Å². The Hall–Kier alpha value is -2.70. The number of rotatable bonds is 5. The summed E-state index contributed by atoms with van der Waals surface area (Å²) < 4.78 is 3.55. The Balaban J connectivity index is 1.58. The molecule has 0 spiro atoms. The van der Waals surface area contributed by atoms with Crippen LogP contribution >= 0.6 is 0 Å². The highest BCUT2D eigenvalue weighted by Crippen LogP contribution is 2.14. The smallest absolute Gasteiger partial charge is 0.220 e. The summed E-state index contributed by atoms with van der Waals surface area (Å²) in [5, 5.41) is 11.5. The minimum Gasteiger partial charge on any atom is -0.352 e. The zero-order valence-corrected chi connectivity index (χ0v) is 13.6. The molecule has 23 heavy (non-hydrogen) atoms. The average Bonchev–Trinajstić information content (AvgIpc) is 3.05. The van der Waals surface area contributed by atoms with E-state index in [9.17, 15) is 4.79 Å². The van der Waals surface area contributed by atoms with Crippen LogP contribution in [-0.4, -0.2) is 30.3 Å². The van der Waals surface area contributed by atoms with Crippen molar-refractivity contribution in [3.05, 3.63) is 47.2 Å². The summed E-state index contributed by atoms with van der Waals surface area (Å²) >= 11 is 0. The van der Waals surface area contributed by atoms with Gasteiger partial charge in [-0.25, -0.2) is 9.50 Å². The number of hydrogen-bond donors (Lipinski definition) is 1. The number of fused-ring (bicyclic) bond motifs is 1. The third kappa shape index (κ3) is 3.08. The van der Waals surface area contributed by atoms with Gasteiger partial charge in [0.1, 0.15) is 0 Å². The van der Waals surface area contributed by atoms with Gasteiger partial charge in [-0.3, -0.25) is 9.48 Å². The summed E-state index contributed by atoms with van der Waals surface area (Å²) in [6, 6.07) is 1.82. The minimum absolute atomic E-state index is 0.0166. The van der Waals surface area contributed by atoms with Gasteiger partial charge in [0.15, 0.2) is 5.65 Å². The molecule has 0 radical (unpaired) electrons. The van der Waals surface area contributed by atoms with E-state index in [-0.39, 0.29) is 5.91 Å². The van der Waals surface area contributed by atoms with Gasteiger partial charge in [-0.1, -0.05) is 0 Å². The first kappa shape index (κ1) is 15.2. The Labute approximate surface area is 134 Å². The maximum atomic E-state index is 12.1. The van der Waals surface area contributed by atoms with E-state index in [2.05, 4.69) is 20.5 Å². The molecule has 0 saturated carbocycles. The molecular formula is C16H20N6O. The molecule has 0 unspecified atom stereocenters. The third-order valence-corrected chi connectivity index (χ3v) is 4.09. The molecule has 0 fully saturated rings. The van der Waals surface area contributed by atoms with Gasteiger partial charge in [-0.2, -0.15) is 10.2 Å². The number of amides is 1. The second kappa shape index (κ2) is 6.20. The number of carbonyl (C=O) groups is 1. The van der Waals surface area contributed by atoms with E-state index >= 15 is 0 Å². The van der Waals surface area contributed by atoms with Crippen LogP contribution in [0, 0.1) is 13.8 Å². The van der Waals surface area contributed by atoms with Gasteiger partial charge in [0, 0.05) is 43.7 Å². The van der Waals surface area contributed by atoms with Crippen molar-refractivity contribution in [2.24, 2.45) is 7.05 Å². The summed E-state index contributed by atoms with van der Waals surface area (Å²) in [7, 11) is 1.92.